The molecule has 5 aliphatic rings. The molecule has 0 aromatic heterocycles. The van der Waals surface area contributed by atoms with E-state index in [4.69, 9.17) is 11.6 Å². The number of amides is 3. The van der Waals surface area contributed by atoms with Crippen LogP contribution in [0.4, 0.5) is 5.69 Å². The van der Waals surface area contributed by atoms with Crippen molar-refractivity contribution in [2.75, 3.05) is 11.9 Å². The minimum Gasteiger partial charge on any atom is -0.323 e. The van der Waals surface area contributed by atoms with Crippen LogP contribution in [0, 0.1) is 35.5 Å². The maximum Gasteiger partial charge on any atom is 0.244 e. The van der Waals surface area contributed by atoms with Crippen LogP contribution < -0.4 is 5.32 Å². The summed E-state index contributed by atoms with van der Waals surface area (Å²) < 4.78 is 0.802. The topological polar surface area (TPSA) is 66.5 Å². The Kier molecular flexibility index (Phi) is 3.60. The van der Waals surface area contributed by atoms with Crippen LogP contribution >= 0.6 is 27.5 Å². The van der Waals surface area contributed by atoms with E-state index < -0.39 is 5.91 Å². The van der Waals surface area contributed by atoms with Crippen molar-refractivity contribution in [2.24, 2.45) is 35.5 Å². The van der Waals surface area contributed by atoms with Gasteiger partial charge in [-0.25, -0.2) is 0 Å². The van der Waals surface area contributed by atoms with Gasteiger partial charge in [-0.05, 0) is 48.3 Å². The largest absolute Gasteiger partial charge is 0.323 e. The van der Waals surface area contributed by atoms with Gasteiger partial charge in [0.15, 0.2) is 0 Å². The fourth-order valence-electron chi connectivity index (χ4n) is 5.10. The maximum absolute atomic E-state index is 12.9. The summed E-state index contributed by atoms with van der Waals surface area (Å²) in [5.74, 6) is 0.0942. The third-order valence-electron chi connectivity index (χ3n) is 6.26. The van der Waals surface area contributed by atoms with Gasteiger partial charge in [-0.15, -0.1) is 0 Å². The zero-order valence-corrected chi connectivity index (χ0v) is 16.0. The summed E-state index contributed by atoms with van der Waals surface area (Å²) in [6.07, 6.45) is 5.37. The van der Waals surface area contributed by atoms with Crippen molar-refractivity contribution in [2.45, 2.75) is 6.42 Å². The molecular weight excluding hydrogens is 420 g/mol. The molecular formula is C19H16BrClN2O3. The summed E-state index contributed by atoms with van der Waals surface area (Å²) in [4.78, 5) is 39.3. The van der Waals surface area contributed by atoms with E-state index in [0.717, 1.165) is 15.8 Å². The molecule has 6 atom stereocenters. The molecule has 0 unspecified atom stereocenters. The smallest absolute Gasteiger partial charge is 0.244 e. The van der Waals surface area contributed by atoms with Gasteiger partial charge >= 0.3 is 0 Å². The van der Waals surface area contributed by atoms with Gasteiger partial charge in [0.25, 0.3) is 0 Å². The molecule has 1 aromatic rings. The van der Waals surface area contributed by atoms with E-state index in [1.165, 1.54) is 0 Å². The summed E-state index contributed by atoms with van der Waals surface area (Å²) >= 11 is 9.42. The van der Waals surface area contributed by atoms with Crippen LogP contribution in [0.25, 0.3) is 0 Å². The first-order valence-electron chi connectivity index (χ1n) is 8.74. The van der Waals surface area contributed by atoms with Crippen LogP contribution in [0.15, 0.2) is 34.8 Å². The van der Waals surface area contributed by atoms with Gasteiger partial charge in [0.05, 0.1) is 22.5 Å². The van der Waals surface area contributed by atoms with Gasteiger partial charge in [-0.1, -0.05) is 39.7 Å². The maximum atomic E-state index is 12.9. The summed E-state index contributed by atoms with van der Waals surface area (Å²) in [7, 11) is 0. The van der Waals surface area contributed by atoms with Crippen molar-refractivity contribution in [1.29, 1.82) is 0 Å². The Morgan fingerprint density at radius 2 is 1.77 bits per heavy atom. The molecule has 1 aromatic carbocycles. The first-order chi connectivity index (χ1) is 12.5. The molecule has 0 radical (unpaired) electrons. The molecule has 5 nitrogen and oxygen atoms in total. The predicted octanol–water partition coefficient (Wildman–Crippen LogP) is 3.09. The number of carbonyl (C=O) groups excluding carboxylic acids is 3. The Bertz CT molecular complexity index is 850. The van der Waals surface area contributed by atoms with Crippen LogP contribution in [0.1, 0.15) is 6.42 Å². The van der Waals surface area contributed by atoms with E-state index in [2.05, 4.69) is 33.4 Å². The monoisotopic (exact) mass is 434 g/mol. The molecule has 1 N–H and O–H groups in total. The number of nitrogens with zero attached hydrogens (tertiary/aromatic N) is 1. The highest BCUT2D eigenvalue weighted by Gasteiger charge is 2.67. The molecule has 7 heteroatoms. The molecule has 3 fully saturated rings. The van der Waals surface area contributed by atoms with Crippen molar-refractivity contribution < 1.29 is 14.4 Å². The number of hydrogen-bond acceptors (Lipinski definition) is 3. The SMILES string of the molecule is O=C(CN1C(=O)[C@@H]2[C@H]3C=C[C@@H]([C@@H]4C[C@@H]34)[C@@H]2C1=O)Nc1ccc(Br)cc1Cl. The van der Waals surface area contributed by atoms with E-state index >= 15 is 0 Å². The number of nitrogens with one attached hydrogen (secondary N) is 1. The number of rotatable bonds is 3. The van der Waals surface area contributed by atoms with E-state index in [1.54, 1.807) is 18.2 Å². The second-order valence-electron chi connectivity index (χ2n) is 7.59. The van der Waals surface area contributed by atoms with Crippen LogP contribution in [0.5, 0.6) is 0 Å². The van der Waals surface area contributed by atoms with Gasteiger partial charge in [0.2, 0.25) is 17.7 Å². The van der Waals surface area contributed by atoms with Crippen molar-refractivity contribution in [3.8, 4) is 0 Å². The third kappa shape index (κ3) is 2.31. The lowest BCUT2D eigenvalue weighted by Gasteiger charge is -2.37. The van der Waals surface area contributed by atoms with Crippen LogP contribution in [-0.4, -0.2) is 29.2 Å². The Hall–Kier alpha value is -1.66. The average Bonchev–Trinajstić information content (AvgIpc) is 3.39. The molecule has 0 spiro atoms. The zero-order valence-electron chi connectivity index (χ0n) is 13.7. The molecule has 3 amide bonds. The molecule has 2 bridgehead atoms. The van der Waals surface area contributed by atoms with Crippen molar-refractivity contribution in [1.82, 2.24) is 4.90 Å². The number of carbonyl (C=O) groups is 3. The normalized spacial score (nSPS) is 36.2. The lowest BCUT2D eigenvalue weighted by molar-refractivity contribution is -0.142. The lowest BCUT2D eigenvalue weighted by Crippen LogP contribution is -2.40. The van der Waals surface area contributed by atoms with Gasteiger partial charge in [-0.3, -0.25) is 19.3 Å². The lowest BCUT2D eigenvalue weighted by atomic mass is 9.63. The summed E-state index contributed by atoms with van der Waals surface area (Å²) in [5.41, 5.74) is 0.458. The van der Waals surface area contributed by atoms with Crippen molar-refractivity contribution >= 4 is 50.9 Å². The first-order valence-corrected chi connectivity index (χ1v) is 9.91. The zero-order chi connectivity index (χ0) is 18.2. The number of hydrogen-bond donors (Lipinski definition) is 1. The highest BCUT2D eigenvalue weighted by molar-refractivity contribution is 9.10. The second kappa shape index (κ2) is 5.67. The Morgan fingerprint density at radius 1 is 1.15 bits per heavy atom. The summed E-state index contributed by atoms with van der Waals surface area (Å²) in [5, 5.41) is 3.08. The molecule has 1 heterocycles. The number of halogens is 2. The van der Waals surface area contributed by atoms with Gasteiger partial charge in [0.1, 0.15) is 6.54 Å². The highest BCUT2D eigenvalue weighted by atomic mass is 79.9. The average molecular weight is 436 g/mol. The number of anilines is 1. The first kappa shape index (κ1) is 16.5. The number of imide groups is 1. The molecule has 4 aliphatic carbocycles. The summed E-state index contributed by atoms with van der Waals surface area (Å²) in [6, 6.07) is 5.11. The van der Waals surface area contributed by atoms with Crippen LogP contribution in [-0.2, 0) is 14.4 Å². The third-order valence-corrected chi connectivity index (χ3v) is 7.07. The molecule has 134 valence electrons. The molecule has 2 saturated carbocycles. The Balaban J connectivity index is 1.33. The number of likely N-dealkylation sites (tertiary alicyclic amines) is 1. The summed E-state index contributed by atoms with van der Waals surface area (Å²) in [6.45, 7) is -0.258. The van der Waals surface area contributed by atoms with Crippen LogP contribution in [0.3, 0.4) is 0 Å². The standard InChI is InChI=1S/C19H16BrClN2O3/c20-8-1-4-14(13(21)5-8)22-15(24)7-23-18(25)16-9-2-3-10(12-6-11(9)12)17(16)19(23)26/h1-5,9-12,16-17H,6-7H2,(H,22,24)/t9-,10-,11-,12-,16-,17+/m0/s1. The van der Waals surface area contributed by atoms with E-state index in [1.807, 2.05) is 0 Å². The van der Waals surface area contributed by atoms with Gasteiger partial charge in [0, 0.05) is 4.47 Å². The van der Waals surface area contributed by atoms with Crippen molar-refractivity contribution in [3.05, 3.63) is 39.8 Å². The highest BCUT2D eigenvalue weighted by Crippen LogP contribution is 2.65. The second-order valence-corrected chi connectivity index (χ2v) is 8.91. The molecule has 1 saturated heterocycles. The quantitative estimate of drug-likeness (QED) is 0.586. The van der Waals surface area contributed by atoms with Gasteiger partial charge in [-0.2, -0.15) is 0 Å². The fourth-order valence-corrected chi connectivity index (χ4v) is 5.82. The van der Waals surface area contributed by atoms with E-state index in [9.17, 15) is 14.4 Å². The molecule has 26 heavy (non-hydrogen) atoms. The fraction of sp³-hybridized carbons (Fsp3) is 0.421. The minimum atomic E-state index is -0.417. The minimum absolute atomic E-state index is 0.167. The Morgan fingerprint density at radius 3 is 2.35 bits per heavy atom. The predicted molar refractivity (Wildman–Crippen MR) is 99.2 cm³/mol. The van der Waals surface area contributed by atoms with E-state index in [-0.39, 0.29) is 42.0 Å². The molecule has 1 aliphatic heterocycles. The Labute approximate surface area is 163 Å². The number of allylic oxidation sites excluding steroid dienone is 2. The van der Waals surface area contributed by atoms with E-state index in [0.29, 0.717) is 22.5 Å². The van der Waals surface area contributed by atoms with Crippen LogP contribution in [0.2, 0.25) is 5.02 Å². The van der Waals surface area contributed by atoms with Gasteiger partial charge < -0.3 is 5.32 Å². The molecule has 6 rings (SSSR count). The van der Waals surface area contributed by atoms with Crippen molar-refractivity contribution in [3.63, 3.8) is 0 Å². The number of benzene rings is 1.